The number of amides is 1. The van der Waals surface area contributed by atoms with Crippen LogP contribution in [0.25, 0.3) is 0 Å². The second-order valence-electron chi connectivity index (χ2n) is 5.27. The van der Waals surface area contributed by atoms with E-state index < -0.39 is 10.1 Å². The summed E-state index contributed by atoms with van der Waals surface area (Å²) in [7, 11) is 0. The second kappa shape index (κ2) is 6.60. The third kappa shape index (κ3) is 3.74. The van der Waals surface area contributed by atoms with Gasteiger partial charge in [-0.15, -0.1) is 0 Å². The SMILES string of the molecule is O=C(OC(Cl)(Cl)Cl)N1CCc2ccccc2[C@@H]1c1ccccc1. The largest absolute Gasteiger partial charge is 0.414 e. The number of benzene rings is 2. The van der Waals surface area contributed by atoms with Crippen LogP contribution in [0.15, 0.2) is 54.6 Å². The first-order valence-electron chi connectivity index (χ1n) is 7.15. The summed E-state index contributed by atoms with van der Waals surface area (Å²) in [4.78, 5) is 14.1. The average Bonchev–Trinajstić information content (AvgIpc) is 2.53. The first-order valence-corrected chi connectivity index (χ1v) is 8.28. The minimum atomic E-state index is -2.07. The van der Waals surface area contributed by atoms with Crippen molar-refractivity contribution in [3.8, 4) is 0 Å². The van der Waals surface area contributed by atoms with Crippen LogP contribution >= 0.6 is 34.8 Å². The zero-order valence-corrected chi connectivity index (χ0v) is 14.4. The molecular formula is C17H14Cl3NO2. The summed E-state index contributed by atoms with van der Waals surface area (Å²) >= 11 is 16.8. The van der Waals surface area contributed by atoms with Gasteiger partial charge in [0.15, 0.2) is 0 Å². The quantitative estimate of drug-likeness (QED) is 0.654. The molecule has 2 aromatic carbocycles. The van der Waals surface area contributed by atoms with Crippen LogP contribution < -0.4 is 0 Å². The van der Waals surface area contributed by atoms with Crippen LogP contribution in [0.4, 0.5) is 4.79 Å². The van der Waals surface area contributed by atoms with Gasteiger partial charge in [0.1, 0.15) is 0 Å². The summed E-state index contributed by atoms with van der Waals surface area (Å²) < 4.78 is 2.85. The maximum Gasteiger partial charge on any atom is 0.414 e. The highest BCUT2D eigenvalue weighted by Gasteiger charge is 2.36. The Morgan fingerprint density at radius 1 is 1.04 bits per heavy atom. The number of alkyl halides is 3. The van der Waals surface area contributed by atoms with E-state index in [0.717, 1.165) is 17.5 Å². The molecular weight excluding hydrogens is 357 g/mol. The van der Waals surface area contributed by atoms with Crippen molar-refractivity contribution in [2.75, 3.05) is 6.54 Å². The molecule has 23 heavy (non-hydrogen) atoms. The van der Waals surface area contributed by atoms with Crippen LogP contribution in [-0.2, 0) is 11.2 Å². The highest BCUT2D eigenvalue weighted by Crippen LogP contribution is 2.37. The van der Waals surface area contributed by atoms with Gasteiger partial charge in [0.2, 0.25) is 0 Å². The summed E-state index contributed by atoms with van der Waals surface area (Å²) in [6, 6.07) is 17.5. The van der Waals surface area contributed by atoms with Gasteiger partial charge in [-0.1, -0.05) is 54.6 Å². The summed E-state index contributed by atoms with van der Waals surface area (Å²) in [5.41, 5.74) is 3.26. The van der Waals surface area contributed by atoms with Crippen molar-refractivity contribution in [3.63, 3.8) is 0 Å². The smallest absolute Gasteiger partial charge is 0.398 e. The Kier molecular flexibility index (Phi) is 4.72. The van der Waals surface area contributed by atoms with Crippen molar-refractivity contribution in [2.45, 2.75) is 16.4 Å². The Balaban J connectivity index is 2.01. The Morgan fingerprint density at radius 3 is 2.39 bits per heavy atom. The van der Waals surface area contributed by atoms with Crippen molar-refractivity contribution in [1.82, 2.24) is 4.90 Å². The van der Waals surface area contributed by atoms with E-state index in [9.17, 15) is 4.79 Å². The van der Waals surface area contributed by atoms with Gasteiger partial charge in [-0.3, -0.25) is 4.90 Å². The molecule has 0 bridgehead atoms. The molecule has 0 spiro atoms. The van der Waals surface area contributed by atoms with Crippen molar-refractivity contribution in [3.05, 3.63) is 71.3 Å². The molecule has 2 aromatic rings. The van der Waals surface area contributed by atoms with Crippen molar-refractivity contribution in [1.29, 1.82) is 0 Å². The standard InChI is InChI=1S/C17H14Cl3NO2/c18-17(19,20)23-16(22)21-11-10-12-6-4-5-9-14(12)15(21)13-7-2-1-3-8-13/h1-9,15H,10-11H2/t15-/m0/s1. The van der Waals surface area contributed by atoms with Gasteiger partial charge in [-0.25, -0.2) is 4.79 Å². The highest BCUT2D eigenvalue weighted by atomic mass is 35.6. The number of halogens is 3. The molecule has 0 aliphatic carbocycles. The second-order valence-corrected chi connectivity index (χ2v) is 7.45. The van der Waals surface area contributed by atoms with Crippen LogP contribution in [-0.4, -0.2) is 21.5 Å². The van der Waals surface area contributed by atoms with Gasteiger partial charge >= 0.3 is 10.1 Å². The van der Waals surface area contributed by atoms with E-state index in [1.54, 1.807) is 4.90 Å². The van der Waals surface area contributed by atoms with E-state index in [1.165, 1.54) is 5.56 Å². The molecule has 0 unspecified atom stereocenters. The molecule has 0 aromatic heterocycles. The molecule has 0 saturated carbocycles. The molecule has 1 amide bonds. The molecule has 120 valence electrons. The number of ether oxygens (including phenoxy) is 1. The van der Waals surface area contributed by atoms with E-state index in [-0.39, 0.29) is 6.04 Å². The van der Waals surface area contributed by atoms with Crippen LogP contribution in [0, 0.1) is 0 Å². The first kappa shape index (κ1) is 16.4. The number of carbonyl (C=O) groups is 1. The molecule has 0 saturated heterocycles. The lowest BCUT2D eigenvalue weighted by molar-refractivity contribution is 0.0872. The zero-order chi connectivity index (χ0) is 16.4. The van der Waals surface area contributed by atoms with Gasteiger partial charge in [-0.05, 0) is 57.9 Å². The lowest BCUT2D eigenvalue weighted by Crippen LogP contribution is -2.42. The fraction of sp³-hybridized carbons (Fsp3) is 0.235. The van der Waals surface area contributed by atoms with Gasteiger partial charge in [-0.2, -0.15) is 0 Å². The summed E-state index contributed by atoms with van der Waals surface area (Å²) in [5, 5.41) is 0. The molecule has 0 N–H and O–H groups in total. The summed E-state index contributed by atoms with van der Waals surface area (Å²) in [6.07, 6.45) is 0.0856. The molecule has 3 rings (SSSR count). The van der Waals surface area contributed by atoms with E-state index in [1.807, 2.05) is 48.5 Å². The first-order chi connectivity index (χ1) is 11.0. The number of fused-ring (bicyclic) bond motifs is 1. The van der Waals surface area contributed by atoms with Crippen molar-refractivity contribution >= 4 is 40.9 Å². The third-order valence-corrected chi connectivity index (χ3v) is 4.07. The zero-order valence-electron chi connectivity index (χ0n) is 12.1. The fourth-order valence-electron chi connectivity index (χ4n) is 2.92. The predicted molar refractivity (Wildman–Crippen MR) is 91.9 cm³/mol. The minimum absolute atomic E-state index is 0.263. The number of hydrogen-bond acceptors (Lipinski definition) is 2. The van der Waals surface area contributed by atoms with Gasteiger partial charge in [0.05, 0.1) is 6.04 Å². The normalized spacial score (nSPS) is 17.5. The van der Waals surface area contributed by atoms with E-state index in [2.05, 4.69) is 6.07 Å². The Bertz CT molecular complexity index is 700. The van der Waals surface area contributed by atoms with Crippen LogP contribution in [0.1, 0.15) is 22.7 Å². The van der Waals surface area contributed by atoms with Crippen molar-refractivity contribution in [2.24, 2.45) is 0 Å². The number of nitrogens with zero attached hydrogens (tertiary/aromatic N) is 1. The molecule has 1 aliphatic heterocycles. The number of rotatable bonds is 1. The van der Waals surface area contributed by atoms with Crippen LogP contribution in [0.2, 0.25) is 0 Å². The third-order valence-electron chi connectivity index (χ3n) is 3.84. The Morgan fingerprint density at radius 2 is 1.70 bits per heavy atom. The average molecular weight is 371 g/mol. The fourth-order valence-corrected chi connectivity index (χ4v) is 3.11. The Labute approximate surface area is 149 Å². The highest BCUT2D eigenvalue weighted by molar-refractivity contribution is 6.66. The number of carbonyl (C=O) groups excluding carboxylic acids is 1. The summed E-state index contributed by atoms with van der Waals surface area (Å²) in [6.45, 7) is 0.496. The van der Waals surface area contributed by atoms with Gasteiger partial charge < -0.3 is 4.74 Å². The van der Waals surface area contributed by atoms with Gasteiger partial charge in [0.25, 0.3) is 0 Å². The lowest BCUT2D eigenvalue weighted by Gasteiger charge is -2.37. The molecule has 1 heterocycles. The molecule has 1 atom stereocenters. The van der Waals surface area contributed by atoms with E-state index in [0.29, 0.717) is 6.54 Å². The minimum Gasteiger partial charge on any atom is -0.398 e. The monoisotopic (exact) mass is 369 g/mol. The molecule has 1 aliphatic rings. The van der Waals surface area contributed by atoms with Crippen LogP contribution in [0.3, 0.4) is 0 Å². The van der Waals surface area contributed by atoms with E-state index >= 15 is 0 Å². The maximum absolute atomic E-state index is 12.5. The van der Waals surface area contributed by atoms with Gasteiger partial charge in [0, 0.05) is 6.54 Å². The van der Waals surface area contributed by atoms with Crippen molar-refractivity contribution < 1.29 is 9.53 Å². The maximum atomic E-state index is 12.5. The molecule has 0 radical (unpaired) electrons. The number of hydrogen-bond donors (Lipinski definition) is 0. The van der Waals surface area contributed by atoms with E-state index in [4.69, 9.17) is 39.5 Å². The molecule has 3 nitrogen and oxygen atoms in total. The molecule has 6 heteroatoms. The Hall–Kier alpha value is -1.42. The topological polar surface area (TPSA) is 29.5 Å². The predicted octanol–water partition coefficient (Wildman–Crippen LogP) is 5.10. The molecule has 0 fully saturated rings. The lowest BCUT2D eigenvalue weighted by atomic mass is 9.88. The summed E-state index contributed by atoms with van der Waals surface area (Å²) in [5.74, 6) is 0. The van der Waals surface area contributed by atoms with Crippen LogP contribution in [0.5, 0.6) is 0 Å².